The molecule has 29 heavy (non-hydrogen) atoms. The van der Waals surface area contributed by atoms with E-state index in [9.17, 15) is 4.79 Å². The third-order valence-corrected chi connectivity index (χ3v) is 6.55. The Morgan fingerprint density at radius 1 is 1.00 bits per heavy atom. The number of halogens is 1. The third-order valence-electron chi connectivity index (χ3n) is 6.55. The summed E-state index contributed by atoms with van der Waals surface area (Å²) in [6.07, 6.45) is 8.16. The van der Waals surface area contributed by atoms with Crippen LogP contribution in [-0.2, 0) is 4.79 Å². The van der Waals surface area contributed by atoms with Crippen molar-refractivity contribution in [1.29, 1.82) is 0 Å². The van der Waals surface area contributed by atoms with Crippen LogP contribution in [0.25, 0.3) is 0 Å². The lowest BCUT2D eigenvalue weighted by Gasteiger charge is -2.26. The fourth-order valence-corrected chi connectivity index (χ4v) is 4.73. The van der Waals surface area contributed by atoms with Gasteiger partial charge in [0.1, 0.15) is 0 Å². The molecule has 2 saturated heterocycles. The van der Waals surface area contributed by atoms with Gasteiger partial charge in [-0.2, -0.15) is 0 Å². The van der Waals surface area contributed by atoms with Gasteiger partial charge in [-0.15, -0.1) is 24.0 Å². The molecule has 1 atom stereocenters. The van der Waals surface area contributed by atoms with E-state index < -0.39 is 0 Å². The zero-order chi connectivity index (χ0) is 19.8. The highest BCUT2D eigenvalue weighted by Gasteiger charge is 2.31. The predicted molar refractivity (Wildman–Crippen MR) is 130 cm³/mol. The topological polar surface area (TPSA) is 63.2 Å². The average molecular weight is 521 g/mol. The van der Waals surface area contributed by atoms with Crippen molar-refractivity contribution in [1.82, 2.24) is 25.3 Å². The number of hydrogen-bond donors (Lipinski definition) is 2. The largest absolute Gasteiger partial charge is 0.355 e. The van der Waals surface area contributed by atoms with Gasteiger partial charge in [-0.1, -0.05) is 19.3 Å². The molecule has 0 aromatic heterocycles. The van der Waals surface area contributed by atoms with Crippen LogP contribution in [0, 0.1) is 5.92 Å². The van der Waals surface area contributed by atoms with Gasteiger partial charge < -0.3 is 25.3 Å². The molecule has 1 unspecified atom stereocenters. The van der Waals surface area contributed by atoms with Crippen molar-refractivity contribution < 1.29 is 4.79 Å². The molecule has 1 saturated carbocycles. The molecule has 1 amide bonds. The zero-order valence-electron chi connectivity index (χ0n) is 18.4. The van der Waals surface area contributed by atoms with Crippen molar-refractivity contribution in [3.63, 3.8) is 0 Å². The van der Waals surface area contributed by atoms with E-state index in [0.717, 1.165) is 64.5 Å². The molecule has 0 aromatic rings. The Labute approximate surface area is 194 Å². The molecule has 0 aromatic carbocycles. The molecule has 3 rings (SSSR count). The average Bonchev–Trinajstić information content (AvgIpc) is 3.09. The Hall–Kier alpha value is -0.610. The molecule has 3 fully saturated rings. The second-order valence-corrected chi connectivity index (χ2v) is 8.75. The van der Waals surface area contributed by atoms with Gasteiger partial charge in [0.2, 0.25) is 5.91 Å². The second kappa shape index (κ2) is 12.9. The minimum Gasteiger partial charge on any atom is -0.355 e. The quantitative estimate of drug-likeness (QED) is 0.328. The van der Waals surface area contributed by atoms with Crippen molar-refractivity contribution in [2.75, 3.05) is 66.5 Å². The summed E-state index contributed by atoms with van der Waals surface area (Å²) in [5.74, 6) is 1.53. The van der Waals surface area contributed by atoms with Crippen LogP contribution in [0.4, 0.5) is 0 Å². The van der Waals surface area contributed by atoms with E-state index in [1.54, 1.807) is 0 Å². The SMILES string of the molecule is CN=C(NCCN1CCCN(C)CC1)NC1CCN(C(=O)C2CCCCC2)C1.I. The number of likely N-dealkylation sites (tertiary alicyclic amines) is 1. The lowest BCUT2D eigenvalue weighted by atomic mass is 9.88. The van der Waals surface area contributed by atoms with E-state index in [0.29, 0.717) is 11.9 Å². The van der Waals surface area contributed by atoms with Gasteiger partial charge >= 0.3 is 0 Å². The van der Waals surface area contributed by atoms with E-state index in [1.807, 2.05) is 7.05 Å². The van der Waals surface area contributed by atoms with Crippen LogP contribution in [-0.4, -0.2) is 99.1 Å². The highest BCUT2D eigenvalue weighted by atomic mass is 127. The Morgan fingerprint density at radius 2 is 1.79 bits per heavy atom. The first-order valence-corrected chi connectivity index (χ1v) is 11.3. The summed E-state index contributed by atoms with van der Waals surface area (Å²) < 4.78 is 0. The Bertz CT molecular complexity index is 525. The second-order valence-electron chi connectivity index (χ2n) is 8.75. The van der Waals surface area contributed by atoms with E-state index in [1.165, 1.54) is 38.8 Å². The third kappa shape index (κ3) is 7.86. The summed E-state index contributed by atoms with van der Waals surface area (Å²) in [7, 11) is 4.04. The van der Waals surface area contributed by atoms with Crippen molar-refractivity contribution in [3.05, 3.63) is 0 Å². The highest BCUT2D eigenvalue weighted by molar-refractivity contribution is 14.0. The number of likely N-dealkylation sites (N-methyl/N-ethyl adjacent to an activating group) is 1. The van der Waals surface area contributed by atoms with E-state index >= 15 is 0 Å². The summed E-state index contributed by atoms with van der Waals surface area (Å²) in [5.41, 5.74) is 0. The first-order valence-electron chi connectivity index (χ1n) is 11.3. The number of carbonyl (C=O) groups excluding carboxylic acids is 1. The summed E-state index contributed by atoms with van der Waals surface area (Å²) in [4.78, 5) is 24.2. The molecule has 8 heteroatoms. The fraction of sp³-hybridized carbons (Fsp3) is 0.905. The molecular weight excluding hydrogens is 479 g/mol. The highest BCUT2D eigenvalue weighted by Crippen LogP contribution is 2.26. The maximum absolute atomic E-state index is 12.7. The Morgan fingerprint density at radius 3 is 2.55 bits per heavy atom. The zero-order valence-corrected chi connectivity index (χ0v) is 20.7. The van der Waals surface area contributed by atoms with Crippen LogP contribution in [0.2, 0.25) is 0 Å². The molecule has 3 aliphatic rings. The smallest absolute Gasteiger partial charge is 0.225 e. The van der Waals surface area contributed by atoms with Gasteiger partial charge in [0.25, 0.3) is 0 Å². The number of amides is 1. The molecule has 2 heterocycles. The molecule has 1 aliphatic carbocycles. The van der Waals surface area contributed by atoms with Gasteiger partial charge in [-0.25, -0.2) is 0 Å². The molecule has 0 radical (unpaired) electrons. The molecule has 0 bridgehead atoms. The lowest BCUT2D eigenvalue weighted by molar-refractivity contribution is -0.135. The monoisotopic (exact) mass is 520 g/mol. The number of aliphatic imine (C=N–C) groups is 1. The van der Waals surface area contributed by atoms with Crippen LogP contribution < -0.4 is 10.6 Å². The van der Waals surface area contributed by atoms with E-state index in [-0.39, 0.29) is 29.9 Å². The molecule has 168 valence electrons. The summed E-state index contributed by atoms with van der Waals surface area (Å²) in [5, 5.41) is 6.99. The predicted octanol–water partition coefficient (Wildman–Crippen LogP) is 1.59. The van der Waals surface area contributed by atoms with Crippen molar-refractivity contribution in [3.8, 4) is 0 Å². The Kier molecular flexibility index (Phi) is 11.0. The van der Waals surface area contributed by atoms with Crippen molar-refractivity contribution in [2.45, 2.75) is 51.0 Å². The Balaban J connectivity index is 0.00000300. The molecule has 7 nitrogen and oxygen atoms in total. The number of nitrogens with one attached hydrogen (secondary N) is 2. The standard InChI is InChI=1S/C21H40N6O.HI/c1-22-21(23-10-14-26-12-6-11-25(2)15-16-26)24-19-9-13-27(17-19)20(28)18-7-4-3-5-8-18;/h18-19H,3-17H2,1-2H3,(H2,22,23,24);1H. The first kappa shape index (κ1) is 24.7. The van der Waals surface area contributed by atoms with Gasteiger partial charge in [0.15, 0.2) is 5.96 Å². The number of hydrogen-bond acceptors (Lipinski definition) is 4. The molecule has 2 N–H and O–H groups in total. The lowest BCUT2D eigenvalue weighted by Crippen LogP contribution is -2.47. The molecule has 0 spiro atoms. The van der Waals surface area contributed by atoms with Gasteiger partial charge in [0, 0.05) is 58.3 Å². The molecule has 2 aliphatic heterocycles. The number of nitrogens with zero attached hydrogens (tertiary/aromatic N) is 4. The minimum atomic E-state index is 0. The van der Waals surface area contributed by atoms with E-state index in [4.69, 9.17) is 0 Å². The first-order chi connectivity index (χ1) is 13.7. The summed E-state index contributed by atoms with van der Waals surface area (Å²) >= 11 is 0. The van der Waals surface area contributed by atoms with Crippen LogP contribution in [0.5, 0.6) is 0 Å². The molecular formula is C21H41IN6O. The van der Waals surface area contributed by atoms with Crippen molar-refractivity contribution in [2.24, 2.45) is 10.9 Å². The van der Waals surface area contributed by atoms with Gasteiger partial charge in [0.05, 0.1) is 0 Å². The maximum Gasteiger partial charge on any atom is 0.225 e. The minimum absolute atomic E-state index is 0. The van der Waals surface area contributed by atoms with Gasteiger partial charge in [-0.3, -0.25) is 9.79 Å². The van der Waals surface area contributed by atoms with Crippen LogP contribution >= 0.6 is 24.0 Å². The van der Waals surface area contributed by atoms with Gasteiger partial charge in [-0.05, 0) is 45.8 Å². The number of rotatable bonds is 5. The summed E-state index contributed by atoms with van der Waals surface area (Å²) in [6.45, 7) is 8.32. The maximum atomic E-state index is 12.7. The van der Waals surface area contributed by atoms with Crippen LogP contribution in [0.15, 0.2) is 4.99 Å². The number of carbonyl (C=O) groups is 1. The normalized spacial score (nSPS) is 25.4. The number of guanidine groups is 1. The van der Waals surface area contributed by atoms with Crippen molar-refractivity contribution >= 4 is 35.8 Å². The van der Waals surface area contributed by atoms with Crippen LogP contribution in [0.3, 0.4) is 0 Å². The summed E-state index contributed by atoms with van der Waals surface area (Å²) in [6, 6.07) is 0.311. The van der Waals surface area contributed by atoms with E-state index in [2.05, 4.69) is 37.4 Å². The van der Waals surface area contributed by atoms with Crippen LogP contribution in [0.1, 0.15) is 44.9 Å². The fourth-order valence-electron chi connectivity index (χ4n) is 4.73.